The van der Waals surface area contributed by atoms with Gasteiger partial charge in [0.05, 0.1) is 0 Å². The lowest BCUT2D eigenvalue weighted by Gasteiger charge is -2.35. The summed E-state index contributed by atoms with van der Waals surface area (Å²) < 4.78 is 0. The highest BCUT2D eigenvalue weighted by atomic mass is 32.1. The Bertz CT molecular complexity index is 2120. The van der Waals surface area contributed by atoms with E-state index in [2.05, 4.69) is 114 Å². The number of carbonyl (C=O) groups excluding carboxylic acids is 2. The molecule has 1 aliphatic carbocycles. The van der Waals surface area contributed by atoms with Crippen molar-refractivity contribution in [2.24, 2.45) is 0 Å². The predicted molar refractivity (Wildman–Crippen MR) is 206 cm³/mol. The summed E-state index contributed by atoms with van der Waals surface area (Å²) in [6.45, 7) is 4.53. The molecule has 0 aromatic heterocycles. The number of anilines is 3. The van der Waals surface area contributed by atoms with Crippen molar-refractivity contribution in [1.29, 1.82) is 0 Å². The first-order valence-electron chi connectivity index (χ1n) is 16.8. The summed E-state index contributed by atoms with van der Waals surface area (Å²) >= 11 is 5.42. The minimum atomic E-state index is -0.353. The fourth-order valence-electron chi connectivity index (χ4n) is 6.54. The molecule has 5 nitrogen and oxygen atoms in total. The highest BCUT2D eigenvalue weighted by Crippen LogP contribution is 2.38. The van der Waals surface area contributed by atoms with E-state index in [1.54, 1.807) is 6.08 Å². The third kappa shape index (κ3) is 6.35. The SMILES string of the molecule is CCN1C(=O)C(=Cc2ccc3cc(N(c4ccc(C5=CCCC=C5)cc4)c4ccc(-c5ccccc5)cc4)ccc3c2)C(=O)N(CC)C1=S. The average Bonchev–Trinajstić information content (AvgIpc) is 3.15. The Morgan fingerprint density at radius 1 is 0.653 bits per heavy atom. The number of nitrogens with zero attached hydrogens (tertiary/aromatic N) is 3. The van der Waals surface area contributed by atoms with Gasteiger partial charge in [-0.3, -0.25) is 19.4 Å². The molecule has 0 unspecified atom stereocenters. The molecule has 5 aromatic carbocycles. The van der Waals surface area contributed by atoms with Gasteiger partial charge in [-0.2, -0.15) is 0 Å². The van der Waals surface area contributed by atoms with Crippen LogP contribution in [0.15, 0.2) is 139 Å². The Labute approximate surface area is 293 Å². The second-order valence-corrected chi connectivity index (χ2v) is 12.5. The van der Waals surface area contributed by atoms with Crippen LogP contribution in [-0.2, 0) is 9.59 Å². The van der Waals surface area contributed by atoms with E-state index in [0.717, 1.165) is 51.8 Å². The molecule has 49 heavy (non-hydrogen) atoms. The number of amides is 2. The molecule has 6 heteroatoms. The molecule has 5 aromatic rings. The van der Waals surface area contributed by atoms with Crippen LogP contribution in [0.4, 0.5) is 17.1 Å². The molecule has 1 heterocycles. The van der Waals surface area contributed by atoms with Crippen LogP contribution in [0, 0.1) is 0 Å². The Morgan fingerprint density at radius 2 is 1.22 bits per heavy atom. The maximum absolute atomic E-state index is 13.2. The number of hydrogen-bond donors (Lipinski definition) is 0. The first kappa shape index (κ1) is 32.0. The summed E-state index contributed by atoms with van der Waals surface area (Å²) in [6.07, 6.45) is 10.6. The Hall–Kier alpha value is -5.59. The van der Waals surface area contributed by atoms with Gasteiger partial charge in [-0.25, -0.2) is 0 Å². The van der Waals surface area contributed by atoms with Crippen LogP contribution in [0.5, 0.6) is 0 Å². The smallest absolute Gasteiger partial charge is 0.265 e. The maximum Gasteiger partial charge on any atom is 0.265 e. The standard InChI is InChI=1S/C43H37N3O2S/c1-3-44-41(47)40(42(48)45(4-2)43(44)49)28-30-15-16-36-29-39(26-21-35(36)27-30)46(37-22-17-33(18-23-37)31-11-7-5-8-12-31)38-24-19-34(20-25-38)32-13-9-6-10-14-32/h5,7-9,11-29H,3-4,6,10H2,1-2H3. The molecule has 0 spiro atoms. The van der Waals surface area contributed by atoms with Crippen LogP contribution in [0.3, 0.4) is 0 Å². The van der Waals surface area contributed by atoms with Gasteiger partial charge >= 0.3 is 0 Å². The average molecular weight is 660 g/mol. The van der Waals surface area contributed by atoms with Gasteiger partial charge in [-0.1, -0.05) is 91.0 Å². The quantitative estimate of drug-likeness (QED) is 0.0945. The molecule has 0 saturated carbocycles. The molecular formula is C43H37N3O2S. The van der Waals surface area contributed by atoms with Crippen molar-refractivity contribution in [3.63, 3.8) is 0 Å². The highest BCUT2D eigenvalue weighted by Gasteiger charge is 2.37. The van der Waals surface area contributed by atoms with Crippen LogP contribution < -0.4 is 4.90 Å². The molecule has 0 radical (unpaired) electrons. The number of hydrogen-bond acceptors (Lipinski definition) is 4. The van der Waals surface area contributed by atoms with E-state index in [4.69, 9.17) is 12.2 Å². The fraction of sp³-hybridized carbons (Fsp3) is 0.140. The van der Waals surface area contributed by atoms with E-state index < -0.39 is 0 Å². The number of thiocarbonyl (C=S) groups is 1. The molecule has 242 valence electrons. The van der Waals surface area contributed by atoms with E-state index in [1.165, 1.54) is 26.5 Å². The minimum absolute atomic E-state index is 0.126. The molecule has 0 atom stereocenters. The van der Waals surface area contributed by atoms with Crippen molar-refractivity contribution in [1.82, 2.24) is 9.80 Å². The largest absolute Gasteiger partial charge is 0.310 e. The number of carbonyl (C=O) groups is 2. The van der Waals surface area contributed by atoms with E-state index >= 15 is 0 Å². The molecule has 0 N–H and O–H groups in total. The first-order valence-corrected chi connectivity index (χ1v) is 17.2. The summed E-state index contributed by atoms with van der Waals surface area (Å²) in [7, 11) is 0. The zero-order chi connectivity index (χ0) is 33.9. The number of allylic oxidation sites excluding steroid dienone is 4. The summed E-state index contributed by atoms with van der Waals surface area (Å²) in [6, 6.07) is 40.3. The van der Waals surface area contributed by atoms with E-state index in [9.17, 15) is 9.59 Å². The van der Waals surface area contributed by atoms with E-state index in [0.29, 0.717) is 13.1 Å². The molecule has 1 aliphatic heterocycles. The number of rotatable bonds is 8. The van der Waals surface area contributed by atoms with Gasteiger partial charge in [0.25, 0.3) is 11.8 Å². The number of benzene rings is 5. The number of fused-ring (bicyclic) bond motifs is 1. The highest BCUT2D eigenvalue weighted by molar-refractivity contribution is 7.80. The first-order chi connectivity index (χ1) is 23.9. The molecule has 2 aliphatic rings. The predicted octanol–water partition coefficient (Wildman–Crippen LogP) is 10.1. The topological polar surface area (TPSA) is 43.9 Å². The summed E-state index contributed by atoms with van der Waals surface area (Å²) in [5.74, 6) is -0.707. The zero-order valence-corrected chi connectivity index (χ0v) is 28.5. The normalized spacial score (nSPS) is 14.8. The third-order valence-corrected chi connectivity index (χ3v) is 9.59. The molecule has 0 bridgehead atoms. The maximum atomic E-state index is 13.2. The van der Waals surface area contributed by atoms with Crippen LogP contribution in [0.25, 0.3) is 33.5 Å². The lowest BCUT2D eigenvalue weighted by molar-refractivity contribution is -0.133. The van der Waals surface area contributed by atoms with Gasteiger partial charge in [0.1, 0.15) is 5.57 Å². The lowest BCUT2D eigenvalue weighted by atomic mass is 9.99. The van der Waals surface area contributed by atoms with E-state index in [-0.39, 0.29) is 22.5 Å². The Morgan fingerprint density at radius 3 is 1.84 bits per heavy atom. The van der Waals surface area contributed by atoms with Crippen molar-refractivity contribution in [3.8, 4) is 11.1 Å². The molecule has 1 fully saturated rings. The van der Waals surface area contributed by atoms with Gasteiger partial charge in [0.15, 0.2) is 5.11 Å². The number of likely N-dealkylation sites (N-methyl/N-ethyl adjacent to an activating group) is 2. The van der Waals surface area contributed by atoms with Crippen molar-refractivity contribution in [3.05, 3.63) is 150 Å². The Kier molecular flexibility index (Phi) is 9.05. The van der Waals surface area contributed by atoms with Crippen LogP contribution in [0.2, 0.25) is 0 Å². The van der Waals surface area contributed by atoms with Gasteiger partial charge < -0.3 is 4.90 Å². The fourth-order valence-corrected chi connectivity index (χ4v) is 6.97. The second kappa shape index (κ2) is 13.9. The van der Waals surface area contributed by atoms with Gasteiger partial charge in [0.2, 0.25) is 0 Å². The second-order valence-electron chi connectivity index (χ2n) is 12.2. The zero-order valence-electron chi connectivity index (χ0n) is 27.7. The van der Waals surface area contributed by atoms with Crippen molar-refractivity contribution in [2.45, 2.75) is 26.7 Å². The van der Waals surface area contributed by atoms with Crippen LogP contribution >= 0.6 is 12.2 Å². The van der Waals surface area contributed by atoms with Crippen LogP contribution in [-0.4, -0.2) is 39.8 Å². The third-order valence-electron chi connectivity index (χ3n) is 9.15. The summed E-state index contributed by atoms with van der Waals surface area (Å²) in [5.41, 5.74) is 8.86. The van der Waals surface area contributed by atoms with Crippen molar-refractivity contribution < 1.29 is 9.59 Å². The van der Waals surface area contributed by atoms with Crippen molar-refractivity contribution >= 4 is 68.6 Å². The van der Waals surface area contributed by atoms with Crippen LogP contribution in [0.1, 0.15) is 37.8 Å². The monoisotopic (exact) mass is 659 g/mol. The summed E-state index contributed by atoms with van der Waals surface area (Å²) in [5, 5.41) is 2.32. The van der Waals surface area contributed by atoms with Gasteiger partial charge in [-0.15, -0.1) is 0 Å². The Balaban J connectivity index is 1.25. The molecular weight excluding hydrogens is 623 g/mol. The van der Waals surface area contributed by atoms with Gasteiger partial charge in [0, 0.05) is 30.2 Å². The van der Waals surface area contributed by atoms with E-state index in [1.807, 2.05) is 38.1 Å². The van der Waals surface area contributed by atoms with Crippen molar-refractivity contribution in [2.75, 3.05) is 18.0 Å². The summed E-state index contributed by atoms with van der Waals surface area (Å²) in [4.78, 5) is 31.7. The molecule has 1 saturated heterocycles. The molecule has 7 rings (SSSR count). The molecule has 2 amide bonds. The lowest BCUT2D eigenvalue weighted by Crippen LogP contribution is -2.55. The minimum Gasteiger partial charge on any atom is -0.310 e. The van der Waals surface area contributed by atoms with Gasteiger partial charge in [-0.05, 0) is 126 Å².